The molecule has 0 heterocycles. The fraction of sp³-hybridized carbons (Fsp3) is 0.952. The van der Waals surface area contributed by atoms with E-state index >= 15 is 0 Å². The zero-order valence-corrected chi connectivity index (χ0v) is 16.9. The maximum atomic E-state index is 11.4. The SMILES string of the molecule is CCCCCCCCCCCCCCCCCC(=O)ONC(O)CC. The molecule has 0 saturated carbocycles. The zero-order chi connectivity index (χ0) is 18.6. The average molecular weight is 358 g/mol. The number of rotatable bonds is 19. The summed E-state index contributed by atoms with van der Waals surface area (Å²) in [6.45, 7) is 4.09. The van der Waals surface area contributed by atoms with Gasteiger partial charge in [0.2, 0.25) is 0 Å². The summed E-state index contributed by atoms with van der Waals surface area (Å²) in [6.07, 6.45) is 19.9. The average Bonchev–Trinajstić information content (AvgIpc) is 2.62. The molecule has 0 aromatic rings. The van der Waals surface area contributed by atoms with Gasteiger partial charge in [-0.05, 0) is 12.8 Å². The van der Waals surface area contributed by atoms with Crippen molar-refractivity contribution in [3.8, 4) is 0 Å². The minimum absolute atomic E-state index is 0.276. The van der Waals surface area contributed by atoms with Gasteiger partial charge in [-0.2, -0.15) is 0 Å². The molecule has 0 aliphatic rings. The van der Waals surface area contributed by atoms with Crippen molar-refractivity contribution in [1.82, 2.24) is 5.48 Å². The summed E-state index contributed by atoms with van der Waals surface area (Å²) in [7, 11) is 0. The molecule has 0 aliphatic heterocycles. The maximum Gasteiger partial charge on any atom is 0.324 e. The van der Waals surface area contributed by atoms with Gasteiger partial charge >= 0.3 is 5.97 Å². The molecule has 4 heteroatoms. The van der Waals surface area contributed by atoms with Crippen molar-refractivity contribution < 1.29 is 14.7 Å². The van der Waals surface area contributed by atoms with Gasteiger partial charge in [0.15, 0.2) is 0 Å². The Morgan fingerprint density at radius 3 is 1.56 bits per heavy atom. The van der Waals surface area contributed by atoms with Gasteiger partial charge in [-0.1, -0.05) is 104 Å². The maximum absolute atomic E-state index is 11.4. The zero-order valence-electron chi connectivity index (χ0n) is 16.9. The normalized spacial score (nSPS) is 12.3. The van der Waals surface area contributed by atoms with E-state index in [4.69, 9.17) is 4.84 Å². The second-order valence-corrected chi connectivity index (χ2v) is 7.22. The van der Waals surface area contributed by atoms with Crippen molar-refractivity contribution in [3.63, 3.8) is 0 Å². The molecular weight excluding hydrogens is 314 g/mol. The smallest absolute Gasteiger partial charge is 0.324 e. The summed E-state index contributed by atoms with van der Waals surface area (Å²) in [5, 5.41) is 9.22. The molecule has 0 saturated heterocycles. The third-order valence-corrected chi connectivity index (χ3v) is 4.68. The first-order valence-electron chi connectivity index (χ1n) is 10.8. The summed E-state index contributed by atoms with van der Waals surface area (Å²) in [6, 6.07) is 0. The van der Waals surface area contributed by atoms with E-state index in [1.807, 2.05) is 6.92 Å². The predicted octanol–water partition coefficient (Wildman–Crippen LogP) is 6.02. The number of hydrogen-bond donors (Lipinski definition) is 2. The highest BCUT2D eigenvalue weighted by Crippen LogP contribution is 2.13. The van der Waals surface area contributed by atoms with E-state index in [0.29, 0.717) is 12.8 Å². The van der Waals surface area contributed by atoms with Gasteiger partial charge in [0.05, 0.1) is 0 Å². The second kappa shape index (κ2) is 19.7. The van der Waals surface area contributed by atoms with Crippen molar-refractivity contribution in [2.75, 3.05) is 0 Å². The molecular formula is C21H43NO3. The summed E-state index contributed by atoms with van der Waals surface area (Å²) in [4.78, 5) is 16.2. The van der Waals surface area contributed by atoms with Crippen molar-refractivity contribution in [2.45, 2.75) is 129 Å². The van der Waals surface area contributed by atoms with Crippen LogP contribution in [0, 0.1) is 0 Å². The molecule has 4 nitrogen and oxygen atoms in total. The lowest BCUT2D eigenvalue weighted by Gasteiger charge is -2.09. The number of unbranched alkanes of at least 4 members (excludes halogenated alkanes) is 14. The van der Waals surface area contributed by atoms with Crippen LogP contribution in [0.1, 0.15) is 123 Å². The number of aliphatic hydroxyl groups excluding tert-OH is 1. The van der Waals surface area contributed by atoms with E-state index in [0.717, 1.165) is 12.8 Å². The van der Waals surface area contributed by atoms with Crippen molar-refractivity contribution >= 4 is 5.97 Å². The monoisotopic (exact) mass is 357 g/mol. The highest BCUT2D eigenvalue weighted by atomic mass is 16.7. The quantitative estimate of drug-likeness (QED) is 0.168. The Labute approximate surface area is 156 Å². The fourth-order valence-corrected chi connectivity index (χ4v) is 2.91. The van der Waals surface area contributed by atoms with Crippen LogP contribution in [0.4, 0.5) is 0 Å². The van der Waals surface area contributed by atoms with Gasteiger partial charge in [0, 0.05) is 6.42 Å². The summed E-state index contributed by atoms with van der Waals surface area (Å²) in [5.74, 6) is -0.276. The molecule has 2 N–H and O–H groups in total. The standard InChI is InChI=1S/C21H43NO3/c1-3-5-6-7-8-9-10-11-12-13-14-15-16-17-18-19-21(24)25-22-20(23)4-2/h20,22-23H,3-19H2,1-2H3. The van der Waals surface area contributed by atoms with E-state index in [9.17, 15) is 9.90 Å². The third kappa shape index (κ3) is 19.6. The molecule has 0 bridgehead atoms. The largest absolute Gasteiger partial charge is 0.376 e. The number of carbonyl (C=O) groups excluding carboxylic acids is 1. The van der Waals surface area contributed by atoms with E-state index in [-0.39, 0.29) is 5.97 Å². The molecule has 0 aromatic heterocycles. The van der Waals surface area contributed by atoms with Crippen LogP contribution in [-0.2, 0) is 9.63 Å². The highest BCUT2D eigenvalue weighted by molar-refractivity contribution is 5.68. The van der Waals surface area contributed by atoms with Crippen LogP contribution in [0.25, 0.3) is 0 Å². The predicted molar refractivity (Wildman–Crippen MR) is 105 cm³/mol. The van der Waals surface area contributed by atoms with Crippen LogP contribution in [0.3, 0.4) is 0 Å². The fourth-order valence-electron chi connectivity index (χ4n) is 2.91. The number of aliphatic hydroxyl groups is 1. The molecule has 0 aliphatic carbocycles. The van der Waals surface area contributed by atoms with Gasteiger partial charge in [-0.25, -0.2) is 0 Å². The van der Waals surface area contributed by atoms with Crippen LogP contribution in [0.5, 0.6) is 0 Å². The van der Waals surface area contributed by atoms with Crippen LogP contribution in [0.15, 0.2) is 0 Å². The first-order chi connectivity index (χ1) is 12.2. The Hall–Kier alpha value is -0.610. The molecule has 0 fully saturated rings. The minimum Gasteiger partial charge on any atom is -0.376 e. The van der Waals surface area contributed by atoms with Gasteiger partial charge in [0.1, 0.15) is 6.23 Å². The Morgan fingerprint density at radius 1 is 0.760 bits per heavy atom. The van der Waals surface area contributed by atoms with E-state index in [1.165, 1.54) is 83.5 Å². The van der Waals surface area contributed by atoms with E-state index in [1.54, 1.807) is 0 Å². The van der Waals surface area contributed by atoms with E-state index < -0.39 is 6.23 Å². The number of carbonyl (C=O) groups is 1. The number of hydroxylamine groups is 1. The summed E-state index contributed by atoms with van der Waals surface area (Å²) < 4.78 is 0. The number of nitrogens with one attached hydrogen (secondary N) is 1. The van der Waals surface area contributed by atoms with Gasteiger partial charge in [-0.3, -0.25) is 4.79 Å². The first kappa shape index (κ1) is 24.4. The lowest BCUT2D eigenvalue weighted by Crippen LogP contribution is -2.30. The molecule has 150 valence electrons. The van der Waals surface area contributed by atoms with Crippen LogP contribution in [0.2, 0.25) is 0 Å². The van der Waals surface area contributed by atoms with Crippen LogP contribution < -0.4 is 5.48 Å². The van der Waals surface area contributed by atoms with Crippen LogP contribution in [-0.4, -0.2) is 17.3 Å². The first-order valence-corrected chi connectivity index (χ1v) is 10.8. The lowest BCUT2D eigenvalue weighted by atomic mass is 10.0. The third-order valence-electron chi connectivity index (χ3n) is 4.68. The molecule has 25 heavy (non-hydrogen) atoms. The molecule has 0 aromatic carbocycles. The molecule has 1 unspecified atom stereocenters. The molecule has 1 atom stereocenters. The molecule has 0 spiro atoms. The Kier molecular flexibility index (Phi) is 19.2. The topological polar surface area (TPSA) is 58.6 Å². The number of hydrogen-bond acceptors (Lipinski definition) is 4. The summed E-state index contributed by atoms with van der Waals surface area (Å²) >= 11 is 0. The Balaban J connectivity index is 3.12. The van der Waals surface area contributed by atoms with Crippen molar-refractivity contribution in [1.29, 1.82) is 0 Å². The lowest BCUT2D eigenvalue weighted by molar-refractivity contribution is -0.159. The van der Waals surface area contributed by atoms with Crippen LogP contribution >= 0.6 is 0 Å². The molecule has 0 rings (SSSR count). The Bertz CT molecular complexity index is 284. The van der Waals surface area contributed by atoms with Gasteiger partial charge < -0.3 is 9.94 Å². The minimum atomic E-state index is -0.759. The van der Waals surface area contributed by atoms with Gasteiger partial charge in [0.25, 0.3) is 0 Å². The molecule has 0 radical (unpaired) electrons. The van der Waals surface area contributed by atoms with Crippen molar-refractivity contribution in [2.24, 2.45) is 0 Å². The van der Waals surface area contributed by atoms with Gasteiger partial charge in [-0.15, -0.1) is 5.48 Å². The van der Waals surface area contributed by atoms with Crippen molar-refractivity contribution in [3.05, 3.63) is 0 Å². The molecule has 0 amide bonds. The highest BCUT2D eigenvalue weighted by Gasteiger charge is 2.05. The Morgan fingerprint density at radius 2 is 1.16 bits per heavy atom. The summed E-state index contributed by atoms with van der Waals surface area (Å²) in [5.41, 5.74) is 2.34. The second-order valence-electron chi connectivity index (χ2n) is 7.22. The van der Waals surface area contributed by atoms with E-state index in [2.05, 4.69) is 12.4 Å².